The fourth-order valence-corrected chi connectivity index (χ4v) is 4.75. The molecule has 0 aliphatic carbocycles. The maximum Gasteiger partial charge on any atom is 0.436 e. The Morgan fingerprint density at radius 3 is 2.39 bits per heavy atom. The number of nitrogen functional groups attached to an aromatic ring is 1. The minimum Gasteiger partial charge on any atom is -0.378 e. The van der Waals surface area contributed by atoms with Crippen LogP contribution in [0.4, 0.5) is 33.9 Å². The Kier molecular flexibility index (Phi) is 6.75. The Labute approximate surface area is 219 Å². The van der Waals surface area contributed by atoms with Crippen molar-refractivity contribution in [2.45, 2.75) is 6.42 Å². The summed E-state index contributed by atoms with van der Waals surface area (Å²) in [7, 11) is 0. The summed E-state index contributed by atoms with van der Waals surface area (Å²) < 4.78 is 10.9. The van der Waals surface area contributed by atoms with Gasteiger partial charge in [0.15, 0.2) is 5.82 Å². The Morgan fingerprint density at radius 2 is 1.66 bits per heavy atom. The van der Waals surface area contributed by atoms with Crippen molar-refractivity contribution in [3.63, 3.8) is 0 Å². The van der Waals surface area contributed by atoms with Gasteiger partial charge in [-0.05, 0) is 24.6 Å². The van der Waals surface area contributed by atoms with Gasteiger partial charge in [-0.1, -0.05) is 6.07 Å². The summed E-state index contributed by atoms with van der Waals surface area (Å²) in [6, 6.07) is 7.70. The van der Waals surface area contributed by atoms with E-state index in [1.807, 2.05) is 24.3 Å². The summed E-state index contributed by atoms with van der Waals surface area (Å²) in [5.41, 5.74) is 9.65. The average Bonchev–Trinajstić information content (AvgIpc) is 3.36. The van der Waals surface area contributed by atoms with Crippen molar-refractivity contribution in [2.24, 2.45) is 0 Å². The minimum absolute atomic E-state index is 0.187. The number of benzene rings is 1. The van der Waals surface area contributed by atoms with Gasteiger partial charge in [-0.3, -0.25) is 5.32 Å². The number of rotatable bonds is 5. The molecule has 0 saturated carbocycles. The van der Waals surface area contributed by atoms with Crippen molar-refractivity contribution in [2.75, 3.05) is 85.1 Å². The topological polar surface area (TPSA) is 144 Å². The first-order chi connectivity index (χ1) is 18.6. The molecule has 0 spiro atoms. The number of hydrogen-bond donors (Lipinski definition) is 2. The second-order valence-electron chi connectivity index (χ2n) is 9.11. The molecule has 2 fully saturated rings. The van der Waals surface area contributed by atoms with Crippen molar-refractivity contribution in [1.82, 2.24) is 19.9 Å². The van der Waals surface area contributed by atoms with E-state index >= 15 is 0 Å². The molecular weight excluding hydrogens is 490 g/mol. The predicted molar refractivity (Wildman–Crippen MR) is 141 cm³/mol. The lowest BCUT2D eigenvalue weighted by Crippen LogP contribution is -2.37. The fraction of sp³-hybridized carbons (Fsp3) is 0.400. The molecule has 198 valence electrons. The molecule has 2 aromatic heterocycles. The summed E-state index contributed by atoms with van der Waals surface area (Å²) in [4.78, 5) is 40.9. The lowest BCUT2D eigenvalue weighted by molar-refractivity contribution is 0.122. The van der Waals surface area contributed by atoms with Crippen LogP contribution < -0.4 is 25.9 Å². The highest BCUT2D eigenvalue weighted by molar-refractivity contribution is 5.86. The Balaban J connectivity index is 1.23. The molecule has 0 bridgehead atoms. The molecule has 3 aliphatic rings. The van der Waals surface area contributed by atoms with Crippen molar-refractivity contribution < 1.29 is 19.1 Å². The molecule has 6 rings (SSSR count). The van der Waals surface area contributed by atoms with Crippen LogP contribution in [0, 0.1) is 0 Å². The third-order valence-corrected chi connectivity index (χ3v) is 6.68. The Hall–Kier alpha value is -4.23. The molecule has 3 aromatic rings. The van der Waals surface area contributed by atoms with Crippen LogP contribution in [0.3, 0.4) is 0 Å². The second-order valence-corrected chi connectivity index (χ2v) is 9.11. The fourth-order valence-electron chi connectivity index (χ4n) is 4.75. The van der Waals surface area contributed by atoms with Crippen LogP contribution in [0.1, 0.15) is 5.56 Å². The van der Waals surface area contributed by atoms with Gasteiger partial charge in [0, 0.05) is 61.1 Å². The molecule has 5 heterocycles. The van der Waals surface area contributed by atoms with E-state index in [9.17, 15) is 4.79 Å². The lowest BCUT2D eigenvalue weighted by atomic mass is 10.1. The van der Waals surface area contributed by atoms with Crippen LogP contribution in [-0.2, 0) is 20.7 Å². The number of amides is 1. The normalized spacial score (nSPS) is 17.3. The predicted octanol–water partition coefficient (Wildman–Crippen LogP) is 1.72. The first-order valence-electron chi connectivity index (χ1n) is 12.6. The molecule has 0 unspecified atom stereocenters. The van der Waals surface area contributed by atoms with Gasteiger partial charge in [0.1, 0.15) is 0 Å². The number of nitrogens with two attached hydrogens (primary N) is 1. The Morgan fingerprint density at radius 1 is 0.947 bits per heavy atom. The van der Waals surface area contributed by atoms with Gasteiger partial charge < -0.3 is 29.8 Å². The van der Waals surface area contributed by atoms with Crippen molar-refractivity contribution in [3.8, 4) is 11.3 Å². The highest BCUT2D eigenvalue weighted by Crippen LogP contribution is 2.35. The maximum atomic E-state index is 12.9. The molecule has 0 atom stereocenters. The summed E-state index contributed by atoms with van der Waals surface area (Å²) in [5.74, 6) is 1.27. The summed E-state index contributed by atoms with van der Waals surface area (Å²) in [6.07, 6.45) is 3.29. The van der Waals surface area contributed by atoms with Crippen LogP contribution >= 0.6 is 0 Å². The molecule has 13 heteroatoms. The molecule has 2 saturated heterocycles. The number of morpholine rings is 2. The minimum atomic E-state index is -0.596. The summed E-state index contributed by atoms with van der Waals surface area (Å²) >= 11 is 0. The number of anilines is 5. The van der Waals surface area contributed by atoms with Gasteiger partial charge in [-0.25, -0.2) is 19.7 Å². The number of nitrogens with one attached hydrogen (secondary N) is 1. The highest BCUT2D eigenvalue weighted by Gasteiger charge is 2.31. The van der Waals surface area contributed by atoms with Crippen LogP contribution in [0.2, 0.25) is 0 Å². The van der Waals surface area contributed by atoms with E-state index in [1.54, 1.807) is 12.4 Å². The van der Waals surface area contributed by atoms with Crippen molar-refractivity contribution in [3.05, 3.63) is 42.2 Å². The zero-order valence-electron chi connectivity index (χ0n) is 20.9. The maximum absolute atomic E-state index is 12.9. The lowest BCUT2D eigenvalue weighted by Gasteiger charge is -2.29. The summed E-state index contributed by atoms with van der Waals surface area (Å²) in [5, 5.41) is 4.36. The van der Waals surface area contributed by atoms with E-state index in [1.165, 1.54) is 5.06 Å². The molecule has 13 nitrogen and oxygen atoms in total. The van der Waals surface area contributed by atoms with Gasteiger partial charge >= 0.3 is 6.09 Å². The molecular formula is C25H29N9O4. The van der Waals surface area contributed by atoms with E-state index in [2.05, 4.69) is 25.1 Å². The third-order valence-electron chi connectivity index (χ3n) is 6.68. The number of ether oxygens (including phenoxy) is 2. The van der Waals surface area contributed by atoms with Gasteiger partial charge in [-0.15, -0.1) is 0 Å². The number of hydrogen-bond acceptors (Lipinski definition) is 12. The number of aromatic nitrogens is 4. The van der Waals surface area contributed by atoms with E-state index in [0.29, 0.717) is 75.6 Å². The first-order valence-corrected chi connectivity index (χ1v) is 12.6. The second kappa shape index (κ2) is 10.6. The summed E-state index contributed by atoms with van der Waals surface area (Å²) in [6.45, 7) is 5.95. The van der Waals surface area contributed by atoms with Crippen LogP contribution in [0.15, 0.2) is 36.7 Å². The molecule has 38 heavy (non-hydrogen) atoms. The smallest absolute Gasteiger partial charge is 0.378 e. The zero-order chi connectivity index (χ0) is 25.9. The number of carbonyl (C=O) groups excluding carboxylic acids is 1. The van der Waals surface area contributed by atoms with Crippen LogP contribution in [0.25, 0.3) is 11.3 Å². The van der Waals surface area contributed by atoms with E-state index < -0.39 is 6.09 Å². The molecule has 3 aliphatic heterocycles. The van der Waals surface area contributed by atoms with Gasteiger partial charge in [0.25, 0.3) is 0 Å². The van der Waals surface area contributed by atoms with Crippen LogP contribution in [-0.4, -0.2) is 85.2 Å². The van der Waals surface area contributed by atoms with Crippen molar-refractivity contribution >= 4 is 35.2 Å². The molecule has 1 aromatic carbocycles. The number of hydroxylamine groups is 1. The average molecular weight is 520 g/mol. The first kappa shape index (κ1) is 24.1. The number of fused-ring (bicyclic) bond motifs is 1. The number of nitrogens with zero attached hydrogens (tertiary/aromatic N) is 7. The van der Waals surface area contributed by atoms with Gasteiger partial charge in [0.05, 0.1) is 38.7 Å². The van der Waals surface area contributed by atoms with Gasteiger partial charge in [-0.2, -0.15) is 10.0 Å². The molecule has 3 N–H and O–H groups in total. The molecule has 0 radical (unpaired) electrons. The monoisotopic (exact) mass is 519 g/mol. The molecule has 1 amide bonds. The SMILES string of the molecule is Nc1ncc(-c2nc(N3CCOCC3)nc3c2CCN3OC(=O)Nc2cccc(N3CCOCC3)c2)cn1. The van der Waals surface area contributed by atoms with E-state index in [0.717, 1.165) is 29.9 Å². The third kappa shape index (κ3) is 5.10. The highest BCUT2D eigenvalue weighted by atomic mass is 16.7. The van der Waals surface area contributed by atoms with Crippen molar-refractivity contribution in [1.29, 1.82) is 0 Å². The van der Waals surface area contributed by atoms with Gasteiger partial charge in [0.2, 0.25) is 11.9 Å². The quantitative estimate of drug-likeness (QED) is 0.506. The standard InChI is InChI=1S/C25H29N9O4/c26-23-27-15-17(16-28-23)21-20-4-5-34(22(20)31-24(30-21)33-8-12-37-13-9-33)38-25(35)29-18-2-1-3-19(14-18)32-6-10-36-11-7-32/h1-3,14-16H,4-13H2,(H,29,35)(H2,26,27,28). The van der Waals surface area contributed by atoms with Crippen LogP contribution in [0.5, 0.6) is 0 Å². The largest absolute Gasteiger partial charge is 0.436 e. The Bertz CT molecular complexity index is 1290. The van der Waals surface area contributed by atoms with E-state index in [4.69, 9.17) is 30.0 Å². The number of carbonyl (C=O) groups is 1. The van der Waals surface area contributed by atoms with E-state index in [-0.39, 0.29) is 5.95 Å². The zero-order valence-corrected chi connectivity index (χ0v) is 20.9.